The van der Waals surface area contributed by atoms with Gasteiger partial charge in [0.15, 0.2) is 0 Å². The lowest BCUT2D eigenvalue weighted by Crippen LogP contribution is -2.32. The number of esters is 1. The van der Waals surface area contributed by atoms with E-state index in [0.29, 0.717) is 17.9 Å². The Morgan fingerprint density at radius 1 is 0.929 bits per heavy atom. The predicted octanol–water partition coefficient (Wildman–Crippen LogP) is 8.41. The van der Waals surface area contributed by atoms with Crippen LogP contribution in [0.15, 0.2) is 60.8 Å². The first kappa shape index (κ1) is 29.7. The van der Waals surface area contributed by atoms with Crippen molar-refractivity contribution in [2.24, 2.45) is 0 Å². The van der Waals surface area contributed by atoms with Gasteiger partial charge in [-0.25, -0.2) is 4.79 Å². The number of para-hydroxylation sites is 1. The molecule has 1 unspecified atom stereocenters. The normalized spacial score (nSPS) is 16.1. The molecule has 1 aliphatic rings. The number of aryl methyl sites for hydroxylation is 1. The number of benzene rings is 2. The second kappa shape index (κ2) is 13.0. The molecule has 0 N–H and O–H groups in total. The van der Waals surface area contributed by atoms with Gasteiger partial charge in [0.25, 0.3) is 0 Å². The van der Waals surface area contributed by atoms with Crippen LogP contribution in [0.25, 0.3) is 10.9 Å². The second-order valence-electron chi connectivity index (χ2n) is 11.2. The number of ether oxygens (including phenoxy) is 2. The van der Waals surface area contributed by atoms with E-state index >= 15 is 0 Å². The van der Waals surface area contributed by atoms with E-state index in [9.17, 15) is 4.79 Å². The molecule has 0 aliphatic carbocycles. The number of rotatable bonds is 14. The lowest BCUT2D eigenvalue weighted by molar-refractivity contribution is 0.0238. The number of pyridine rings is 1. The second-order valence-corrected chi connectivity index (χ2v) is 11.2. The zero-order valence-electron chi connectivity index (χ0n) is 25.9. The first-order valence-electron chi connectivity index (χ1n) is 15.8. The quantitative estimate of drug-likeness (QED) is 0.113. The Bertz CT molecular complexity index is 1530. The van der Waals surface area contributed by atoms with Crippen LogP contribution in [0.2, 0.25) is 0 Å². The topological polar surface area (TPSA) is 56.6 Å². The van der Waals surface area contributed by atoms with E-state index in [2.05, 4.69) is 73.6 Å². The molecule has 1 aliphatic heterocycles. The van der Waals surface area contributed by atoms with E-state index in [0.717, 1.165) is 71.6 Å². The number of cyclic esters (lactones) is 1. The van der Waals surface area contributed by atoms with E-state index in [1.165, 1.54) is 25.7 Å². The summed E-state index contributed by atoms with van der Waals surface area (Å²) in [6.07, 6.45) is 8.87. The van der Waals surface area contributed by atoms with Crippen molar-refractivity contribution in [3.8, 4) is 5.75 Å². The molecule has 0 saturated heterocycles. The maximum Gasteiger partial charge on any atom is 0.341 e. The van der Waals surface area contributed by atoms with Gasteiger partial charge >= 0.3 is 5.97 Å². The van der Waals surface area contributed by atoms with Crippen LogP contribution in [0.3, 0.4) is 0 Å². The van der Waals surface area contributed by atoms with Gasteiger partial charge in [-0.2, -0.15) is 0 Å². The minimum atomic E-state index is -1.24. The lowest BCUT2D eigenvalue weighted by atomic mass is 9.80. The molecule has 2 aromatic heterocycles. The monoisotopic (exact) mass is 567 g/mol. The highest BCUT2D eigenvalue weighted by Gasteiger charge is 2.54. The summed E-state index contributed by atoms with van der Waals surface area (Å²) < 4.78 is 15.3. The molecular formula is C36H45N3O3. The molecule has 222 valence electrons. The predicted molar refractivity (Wildman–Crippen MR) is 171 cm³/mol. The number of unbranched alkanes of at least 4 members (excludes halogenated alkanes) is 4. The number of hydrogen-bond donors (Lipinski definition) is 0. The molecule has 5 rings (SSSR count). The smallest absolute Gasteiger partial charge is 0.341 e. The molecule has 1 atom stereocenters. The standard InChI is InChI=1S/C36H45N3O3/c1-6-10-14-23-38(24-15-11-7-2)27-20-21-30(32(25-27)41-9-4)36(34-29(35(40)42-36)18-16-22-37-34)33-26(5)39(8-3)31-19-13-12-17-28(31)33/h12-13,16-22,25H,6-11,14-15,23-24H2,1-5H3. The van der Waals surface area contributed by atoms with Gasteiger partial charge < -0.3 is 18.9 Å². The SMILES string of the molecule is CCCCCN(CCCCC)c1ccc(C2(c3c(C)n(CC)c4ccccc34)OC(=O)c3cccnc32)c(OCC)c1. The van der Waals surface area contributed by atoms with Gasteiger partial charge in [-0.1, -0.05) is 57.7 Å². The Morgan fingerprint density at radius 2 is 1.67 bits per heavy atom. The Hall–Kier alpha value is -3.80. The first-order valence-corrected chi connectivity index (χ1v) is 15.8. The number of carbonyl (C=O) groups is 1. The lowest BCUT2D eigenvalue weighted by Gasteiger charge is -2.32. The Morgan fingerprint density at radius 3 is 2.36 bits per heavy atom. The summed E-state index contributed by atoms with van der Waals surface area (Å²) in [6, 6.07) is 18.4. The number of aromatic nitrogens is 2. The van der Waals surface area contributed by atoms with Gasteiger partial charge in [0.05, 0.1) is 12.2 Å². The zero-order valence-corrected chi connectivity index (χ0v) is 25.9. The highest BCUT2D eigenvalue weighted by atomic mass is 16.6. The van der Waals surface area contributed by atoms with Crippen LogP contribution in [-0.2, 0) is 16.9 Å². The number of anilines is 1. The minimum Gasteiger partial charge on any atom is -0.493 e. The van der Waals surface area contributed by atoms with Crippen molar-refractivity contribution in [3.63, 3.8) is 0 Å². The Balaban J connectivity index is 1.75. The molecule has 0 fully saturated rings. The van der Waals surface area contributed by atoms with E-state index in [-0.39, 0.29) is 5.97 Å². The van der Waals surface area contributed by atoms with Crippen molar-refractivity contribution in [1.82, 2.24) is 9.55 Å². The molecule has 0 spiro atoms. The fourth-order valence-electron chi connectivity index (χ4n) is 6.61. The molecule has 0 amide bonds. The molecule has 6 heteroatoms. The van der Waals surface area contributed by atoms with Crippen molar-refractivity contribution in [1.29, 1.82) is 0 Å². The highest BCUT2D eigenvalue weighted by molar-refractivity contribution is 5.98. The minimum absolute atomic E-state index is 0.363. The molecular weight excluding hydrogens is 522 g/mol. The molecule has 3 heterocycles. The molecule has 42 heavy (non-hydrogen) atoms. The van der Waals surface area contributed by atoms with Crippen molar-refractivity contribution in [2.45, 2.75) is 85.3 Å². The number of fused-ring (bicyclic) bond motifs is 2. The fraction of sp³-hybridized carbons (Fsp3) is 0.444. The van der Waals surface area contributed by atoms with E-state index < -0.39 is 5.60 Å². The third-order valence-corrected chi connectivity index (χ3v) is 8.58. The Labute approximate surface area is 250 Å². The average Bonchev–Trinajstić information content (AvgIpc) is 3.47. The van der Waals surface area contributed by atoms with Crippen molar-refractivity contribution in [2.75, 3.05) is 24.6 Å². The van der Waals surface area contributed by atoms with Gasteiger partial charge in [0.1, 0.15) is 11.4 Å². The van der Waals surface area contributed by atoms with E-state index in [4.69, 9.17) is 14.5 Å². The van der Waals surface area contributed by atoms with Crippen molar-refractivity contribution < 1.29 is 14.3 Å². The van der Waals surface area contributed by atoms with Crippen LogP contribution in [0, 0.1) is 6.92 Å². The molecule has 0 radical (unpaired) electrons. The third-order valence-electron chi connectivity index (χ3n) is 8.58. The summed E-state index contributed by atoms with van der Waals surface area (Å²) in [7, 11) is 0. The van der Waals surface area contributed by atoms with Crippen LogP contribution >= 0.6 is 0 Å². The first-order chi connectivity index (χ1) is 20.5. The summed E-state index contributed by atoms with van der Waals surface area (Å²) in [5.41, 5.74) is 4.94. The summed E-state index contributed by atoms with van der Waals surface area (Å²) >= 11 is 0. The summed E-state index contributed by atoms with van der Waals surface area (Å²) in [5.74, 6) is 0.364. The van der Waals surface area contributed by atoms with E-state index in [1.807, 2.05) is 19.1 Å². The number of carbonyl (C=O) groups excluding carboxylic acids is 1. The third kappa shape index (κ3) is 5.16. The van der Waals surface area contributed by atoms with Gasteiger partial charge in [-0.3, -0.25) is 4.98 Å². The Kier molecular flexibility index (Phi) is 9.20. The van der Waals surface area contributed by atoms with Crippen LogP contribution in [0.4, 0.5) is 5.69 Å². The number of nitrogens with zero attached hydrogens (tertiary/aromatic N) is 3. The van der Waals surface area contributed by atoms with Gasteiger partial charge in [0.2, 0.25) is 5.60 Å². The van der Waals surface area contributed by atoms with E-state index in [1.54, 1.807) is 12.3 Å². The molecule has 6 nitrogen and oxygen atoms in total. The van der Waals surface area contributed by atoms with Gasteiger partial charge in [-0.05, 0) is 63.9 Å². The zero-order chi connectivity index (χ0) is 29.7. The van der Waals surface area contributed by atoms with Crippen molar-refractivity contribution >= 4 is 22.6 Å². The molecule has 0 bridgehead atoms. The molecule has 0 saturated carbocycles. The maximum atomic E-state index is 13.6. The maximum absolute atomic E-state index is 13.6. The molecule has 2 aromatic carbocycles. The van der Waals surface area contributed by atoms with Crippen LogP contribution in [-0.4, -0.2) is 35.2 Å². The van der Waals surface area contributed by atoms with Crippen LogP contribution in [0.5, 0.6) is 5.75 Å². The summed E-state index contributed by atoms with van der Waals surface area (Å²) in [4.78, 5) is 20.9. The average molecular weight is 568 g/mol. The summed E-state index contributed by atoms with van der Waals surface area (Å²) in [6.45, 7) is 14.1. The number of hydrogen-bond acceptors (Lipinski definition) is 5. The van der Waals surface area contributed by atoms with Crippen molar-refractivity contribution in [3.05, 3.63) is 88.9 Å². The van der Waals surface area contributed by atoms with Crippen LogP contribution < -0.4 is 9.64 Å². The van der Waals surface area contributed by atoms with Gasteiger partial charge in [-0.15, -0.1) is 0 Å². The summed E-state index contributed by atoms with van der Waals surface area (Å²) in [5, 5.41) is 1.05. The van der Waals surface area contributed by atoms with Crippen LogP contribution in [0.1, 0.15) is 99.1 Å². The van der Waals surface area contributed by atoms with Gasteiger partial charge in [0, 0.05) is 65.3 Å². The highest BCUT2D eigenvalue weighted by Crippen LogP contribution is 2.52. The molecule has 4 aromatic rings. The fourth-order valence-corrected chi connectivity index (χ4v) is 6.61. The largest absolute Gasteiger partial charge is 0.493 e.